The third kappa shape index (κ3) is 3.64. The molecule has 0 bridgehead atoms. The molecule has 0 aromatic heterocycles. The smallest absolute Gasteiger partial charge is 0.120 e. The normalized spacial score (nSPS) is 17.4. The summed E-state index contributed by atoms with van der Waals surface area (Å²) >= 11 is 0. The topological polar surface area (TPSA) is 29.5 Å². The highest BCUT2D eigenvalue weighted by Crippen LogP contribution is 2.27. The van der Waals surface area contributed by atoms with Crippen molar-refractivity contribution in [1.29, 1.82) is 0 Å². The molecule has 2 nitrogen and oxygen atoms in total. The van der Waals surface area contributed by atoms with Crippen LogP contribution in [0.15, 0.2) is 54.6 Å². The zero-order valence-corrected chi connectivity index (χ0v) is 12.2. The van der Waals surface area contributed by atoms with Crippen LogP contribution in [0.4, 0.5) is 0 Å². The van der Waals surface area contributed by atoms with Gasteiger partial charge in [0.25, 0.3) is 0 Å². The number of hydrogen-bond acceptors (Lipinski definition) is 2. The summed E-state index contributed by atoms with van der Waals surface area (Å²) in [5, 5.41) is 10.5. The van der Waals surface area contributed by atoms with Gasteiger partial charge in [0, 0.05) is 0 Å². The first-order valence-electron chi connectivity index (χ1n) is 7.82. The Morgan fingerprint density at radius 1 is 0.857 bits per heavy atom. The van der Waals surface area contributed by atoms with Crippen LogP contribution in [0.5, 0.6) is 5.75 Å². The summed E-state index contributed by atoms with van der Waals surface area (Å²) in [6, 6.07) is 17.6. The van der Waals surface area contributed by atoms with Gasteiger partial charge in [0.2, 0.25) is 0 Å². The number of aliphatic hydroxyl groups is 1. The van der Waals surface area contributed by atoms with E-state index in [1.165, 1.54) is 19.3 Å². The number of rotatable bonds is 4. The van der Waals surface area contributed by atoms with Crippen molar-refractivity contribution in [2.24, 2.45) is 0 Å². The number of ether oxygens (including phenoxy) is 1. The number of hydrogen-bond donors (Lipinski definition) is 1. The summed E-state index contributed by atoms with van der Waals surface area (Å²) < 4.78 is 6.07. The molecule has 1 N–H and O–H groups in total. The fourth-order valence-corrected chi connectivity index (χ4v) is 2.96. The molecule has 2 heteroatoms. The summed E-state index contributed by atoms with van der Waals surface area (Å²) in [5.74, 6) is 0.870. The molecule has 1 saturated carbocycles. The van der Waals surface area contributed by atoms with E-state index in [1.807, 2.05) is 54.6 Å². The predicted molar refractivity (Wildman–Crippen MR) is 84.4 cm³/mol. The lowest BCUT2D eigenvalue weighted by molar-refractivity contribution is 0.154. The lowest BCUT2D eigenvalue weighted by Crippen LogP contribution is -2.19. The van der Waals surface area contributed by atoms with Crippen LogP contribution >= 0.6 is 0 Å². The number of benzene rings is 2. The van der Waals surface area contributed by atoms with E-state index in [0.29, 0.717) is 6.10 Å². The molecule has 0 radical (unpaired) electrons. The second-order valence-corrected chi connectivity index (χ2v) is 5.76. The summed E-state index contributed by atoms with van der Waals surface area (Å²) in [6.07, 6.45) is 5.88. The van der Waals surface area contributed by atoms with Crippen molar-refractivity contribution in [2.75, 3.05) is 0 Å². The first-order valence-corrected chi connectivity index (χ1v) is 7.82. The van der Waals surface area contributed by atoms with Gasteiger partial charge in [-0.05, 0) is 48.9 Å². The Hall–Kier alpha value is -1.80. The average Bonchev–Trinajstić information content (AvgIpc) is 2.56. The van der Waals surface area contributed by atoms with E-state index in [-0.39, 0.29) is 0 Å². The lowest BCUT2D eigenvalue weighted by atomic mass is 9.97. The maximum Gasteiger partial charge on any atom is 0.120 e. The lowest BCUT2D eigenvalue weighted by Gasteiger charge is -2.23. The molecule has 110 valence electrons. The molecule has 0 spiro atoms. The van der Waals surface area contributed by atoms with Crippen LogP contribution in [-0.2, 0) is 0 Å². The van der Waals surface area contributed by atoms with Crippen molar-refractivity contribution < 1.29 is 9.84 Å². The van der Waals surface area contributed by atoms with Gasteiger partial charge >= 0.3 is 0 Å². The molecule has 1 aliphatic carbocycles. The standard InChI is InChI=1S/C19H22O2/c20-19(15-8-3-1-4-9-15)16-10-7-13-18(14-16)21-17-11-5-2-6-12-17/h1,3-4,7-10,13-14,17,19-20H,2,5-6,11-12H2. The van der Waals surface area contributed by atoms with Crippen LogP contribution < -0.4 is 4.74 Å². The highest BCUT2D eigenvalue weighted by molar-refractivity contribution is 5.35. The van der Waals surface area contributed by atoms with Crippen LogP contribution in [0.1, 0.15) is 49.3 Å². The summed E-state index contributed by atoms with van der Waals surface area (Å²) in [4.78, 5) is 0. The maximum absolute atomic E-state index is 10.5. The molecule has 1 atom stereocenters. The fraction of sp³-hybridized carbons (Fsp3) is 0.368. The molecule has 0 aliphatic heterocycles. The predicted octanol–water partition coefficient (Wildman–Crippen LogP) is 4.48. The highest BCUT2D eigenvalue weighted by Gasteiger charge is 2.16. The zero-order valence-electron chi connectivity index (χ0n) is 12.2. The highest BCUT2D eigenvalue weighted by atomic mass is 16.5. The minimum atomic E-state index is -0.596. The van der Waals surface area contributed by atoms with E-state index in [2.05, 4.69) is 0 Å². The van der Waals surface area contributed by atoms with Gasteiger partial charge in [0.1, 0.15) is 11.9 Å². The number of aliphatic hydroxyl groups excluding tert-OH is 1. The second-order valence-electron chi connectivity index (χ2n) is 5.76. The fourth-order valence-electron chi connectivity index (χ4n) is 2.96. The first kappa shape index (κ1) is 14.2. The molecule has 21 heavy (non-hydrogen) atoms. The molecule has 2 aromatic carbocycles. The third-order valence-corrected chi connectivity index (χ3v) is 4.14. The van der Waals surface area contributed by atoms with Crippen LogP contribution in [0.3, 0.4) is 0 Å². The maximum atomic E-state index is 10.5. The molecule has 2 aromatic rings. The van der Waals surface area contributed by atoms with Crippen molar-refractivity contribution in [3.63, 3.8) is 0 Å². The Labute approximate surface area is 126 Å². The quantitative estimate of drug-likeness (QED) is 0.896. The van der Waals surface area contributed by atoms with Gasteiger partial charge in [-0.2, -0.15) is 0 Å². The molecule has 1 unspecified atom stereocenters. The van der Waals surface area contributed by atoms with Crippen molar-refractivity contribution in [2.45, 2.75) is 44.3 Å². The van der Waals surface area contributed by atoms with Crippen LogP contribution in [-0.4, -0.2) is 11.2 Å². The largest absolute Gasteiger partial charge is 0.490 e. The molecular weight excluding hydrogens is 260 g/mol. The van der Waals surface area contributed by atoms with Gasteiger partial charge in [-0.15, -0.1) is 0 Å². The third-order valence-electron chi connectivity index (χ3n) is 4.14. The van der Waals surface area contributed by atoms with Gasteiger partial charge < -0.3 is 9.84 Å². The van der Waals surface area contributed by atoms with E-state index >= 15 is 0 Å². The first-order chi connectivity index (χ1) is 10.3. The van der Waals surface area contributed by atoms with Crippen molar-refractivity contribution >= 4 is 0 Å². The zero-order chi connectivity index (χ0) is 14.5. The van der Waals surface area contributed by atoms with E-state index in [0.717, 1.165) is 29.7 Å². The van der Waals surface area contributed by atoms with E-state index in [9.17, 15) is 5.11 Å². The Balaban J connectivity index is 1.73. The van der Waals surface area contributed by atoms with Crippen molar-refractivity contribution in [3.8, 4) is 5.75 Å². The molecule has 1 aliphatic rings. The van der Waals surface area contributed by atoms with Gasteiger partial charge in [0.05, 0.1) is 6.10 Å². The van der Waals surface area contributed by atoms with E-state index < -0.39 is 6.10 Å². The summed E-state index contributed by atoms with van der Waals surface area (Å²) in [5.41, 5.74) is 1.79. The summed E-state index contributed by atoms with van der Waals surface area (Å²) in [6.45, 7) is 0. The second kappa shape index (κ2) is 6.77. The molecule has 0 saturated heterocycles. The van der Waals surface area contributed by atoms with E-state index in [1.54, 1.807) is 0 Å². The Bertz CT molecular complexity index is 559. The average molecular weight is 282 g/mol. The molecule has 0 heterocycles. The van der Waals surface area contributed by atoms with Crippen LogP contribution in [0.25, 0.3) is 0 Å². The Kier molecular flexibility index (Phi) is 4.56. The molecule has 0 amide bonds. The molecule has 1 fully saturated rings. The Morgan fingerprint density at radius 3 is 2.33 bits per heavy atom. The Morgan fingerprint density at radius 2 is 1.57 bits per heavy atom. The minimum Gasteiger partial charge on any atom is -0.490 e. The summed E-state index contributed by atoms with van der Waals surface area (Å²) in [7, 11) is 0. The van der Waals surface area contributed by atoms with Crippen molar-refractivity contribution in [3.05, 3.63) is 65.7 Å². The monoisotopic (exact) mass is 282 g/mol. The molecule has 3 rings (SSSR count). The SMILES string of the molecule is OC(c1ccccc1)c1cccc(OC2CCCCC2)c1. The van der Waals surface area contributed by atoms with Gasteiger partial charge in [-0.25, -0.2) is 0 Å². The van der Waals surface area contributed by atoms with Gasteiger partial charge in [-0.1, -0.05) is 48.9 Å². The molecular formula is C19H22O2. The van der Waals surface area contributed by atoms with Crippen LogP contribution in [0.2, 0.25) is 0 Å². The van der Waals surface area contributed by atoms with Crippen molar-refractivity contribution in [1.82, 2.24) is 0 Å². The van der Waals surface area contributed by atoms with Gasteiger partial charge in [0.15, 0.2) is 0 Å². The van der Waals surface area contributed by atoms with Crippen LogP contribution in [0, 0.1) is 0 Å². The van der Waals surface area contributed by atoms with E-state index in [4.69, 9.17) is 4.74 Å². The minimum absolute atomic E-state index is 0.336. The van der Waals surface area contributed by atoms with Gasteiger partial charge in [-0.3, -0.25) is 0 Å².